The van der Waals surface area contributed by atoms with Gasteiger partial charge < -0.3 is 11.0 Å². The topological polar surface area (TPSA) is 57.0 Å². The quantitative estimate of drug-likeness (QED) is 0.325. The molecule has 0 aliphatic heterocycles. The Morgan fingerprint density at radius 3 is 0.750 bits per heavy atom. The van der Waals surface area contributed by atoms with Gasteiger partial charge in [0.25, 0.3) is 0 Å². The van der Waals surface area contributed by atoms with Crippen molar-refractivity contribution in [1.29, 1.82) is 0 Å². The van der Waals surface area contributed by atoms with E-state index in [1.165, 1.54) is 0 Å². The van der Waals surface area contributed by atoms with E-state index in [4.69, 9.17) is 0 Å². The fourth-order valence-corrected chi connectivity index (χ4v) is 0. The van der Waals surface area contributed by atoms with Crippen LogP contribution in [0.15, 0.2) is 0 Å². The molecule has 0 aromatic carbocycles. The van der Waals surface area contributed by atoms with E-state index in [0.717, 1.165) is 0 Å². The van der Waals surface area contributed by atoms with Crippen LogP contribution in [0.4, 0.5) is 0 Å². The first-order valence-electron chi connectivity index (χ1n) is 0. The minimum Gasteiger partial charge on any atom is -2.00 e. The predicted octanol–water partition coefficient (Wildman–Crippen LogP) is 0.621. The van der Waals surface area contributed by atoms with Crippen molar-refractivity contribution in [1.82, 2.24) is 0 Å². The second-order valence-electron chi connectivity index (χ2n) is 0. The van der Waals surface area contributed by atoms with Crippen molar-refractivity contribution in [3.63, 3.8) is 0 Å². The molecule has 0 unspecified atom stereocenters. The third-order valence-corrected chi connectivity index (χ3v) is 0. The Balaban J connectivity index is 0. The number of rotatable bonds is 0. The fraction of sp³-hybridized carbons (Fsp3) is 0. The van der Waals surface area contributed by atoms with Crippen LogP contribution in [0.1, 0.15) is 0 Å². The third kappa shape index (κ3) is 11.5. The third-order valence-electron chi connectivity index (χ3n) is 0. The fourth-order valence-electron chi connectivity index (χ4n) is 0. The van der Waals surface area contributed by atoms with Crippen LogP contribution in [0.25, 0.3) is 0 Å². The van der Waals surface area contributed by atoms with Crippen LogP contribution in [-0.2, 0) is 32.7 Å². The Hall–Kier alpha value is 1.06. The molecule has 0 aliphatic rings. The summed E-state index contributed by atoms with van der Waals surface area (Å²) in [6.45, 7) is 0. The van der Waals surface area contributed by atoms with E-state index in [1.54, 1.807) is 0 Å². The smallest absolute Gasteiger partial charge is 2.00 e. The van der Waals surface area contributed by atoms with Crippen LogP contribution in [0.2, 0.25) is 0 Å². The van der Waals surface area contributed by atoms with Crippen LogP contribution >= 0.6 is 9.90 Å². The average Bonchev–Trinajstić information content (AvgIpc) is 0. The van der Waals surface area contributed by atoms with Crippen molar-refractivity contribution in [3.8, 4) is 0 Å². The summed E-state index contributed by atoms with van der Waals surface area (Å²) < 4.78 is 0. The zero-order valence-corrected chi connectivity index (χ0v) is 4.22. The molecule has 3 radical (unpaired) electrons. The molecule has 0 saturated heterocycles. The Labute approximate surface area is 43.1 Å². The molecule has 0 heterocycles. The van der Waals surface area contributed by atoms with E-state index in [0.29, 0.717) is 0 Å². The first-order chi connectivity index (χ1) is 0. The molecule has 4 heavy (non-hydrogen) atoms. The van der Waals surface area contributed by atoms with Crippen molar-refractivity contribution >= 4 is 9.90 Å². The maximum Gasteiger partial charge on any atom is 4.00 e. The monoisotopic (exact) mass is 111 g/mol. The van der Waals surface area contributed by atoms with Gasteiger partial charge in [0, 0.05) is 9.90 Å². The number of hydrogen-bond donors (Lipinski definition) is 0. The SMILES string of the molecule is [O-2].[O-2].[P].[Ti+4]. The van der Waals surface area contributed by atoms with Gasteiger partial charge in [-0.05, 0) is 0 Å². The van der Waals surface area contributed by atoms with E-state index in [9.17, 15) is 0 Å². The summed E-state index contributed by atoms with van der Waals surface area (Å²) in [6.07, 6.45) is 0. The minimum atomic E-state index is 0. The molecule has 0 aromatic heterocycles. The van der Waals surface area contributed by atoms with Crippen molar-refractivity contribution in [2.24, 2.45) is 0 Å². The van der Waals surface area contributed by atoms with Gasteiger partial charge in [-0.2, -0.15) is 0 Å². The molecule has 0 saturated carbocycles. The summed E-state index contributed by atoms with van der Waals surface area (Å²) in [5, 5.41) is 0. The molecular formula is O2PTi. The van der Waals surface area contributed by atoms with E-state index in [-0.39, 0.29) is 42.6 Å². The second-order valence-corrected chi connectivity index (χ2v) is 0. The normalized spacial score (nSPS) is 0. The van der Waals surface area contributed by atoms with Crippen LogP contribution in [0.5, 0.6) is 0 Å². The van der Waals surface area contributed by atoms with Gasteiger partial charge in [-0.15, -0.1) is 0 Å². The molecule has 0 rings (SSSR count). The molecule has 0 amide bonds. The largest absolute Gasteiger partial charge is 4.00 e. The molecule has 0 aliphatic carbocycles. The van der Waals surface area contributed by atoms with Gasteiger partial charge in [0.1, 0.15) is 0 Å². The number of hydrogen-bond acceptors (Lipinski definition) is 0. The van der Waals surface area contributed by atoms with E-state index in [1.807, 2.05) is 0 Å². The first-order valence-corrected chi connectivity index (χ1v) is 0. The van der Waals surface area contributed by atoms with Gasteiger partial charge in [0.2, 0.25) is 0 Å². The van der Waals surface area contributed by atoms with E-state index < -0.39 is 0 Å². The van der Waals surface area contributed by atoms with E-state index >= 15 is 0 Å². The summed E-state index contributed by atoms with van der Waals surface area (Å²) in [7, 11) is 0. The van der Waals surface area contributed by atoms with Crippen molar-refractivity contribution in [2.45, 2.75) is 0 Å². The van der Waals surface area contributed by atoms with Gasteiger partial charge >= 0.3 is 21.7 Å². The second kappa shape index (κ2) is 33.7. The standard InChI is InChI=1S/2O.P.Ti/q2*-2;;+4. The van der Waals surface area contributed by atoms with Crippen LogP contribution in [0, 0.1) is 0 Å². The molecule has 0 N–H and O–H groups in total. The molecule has 0 aromatic rings. The summed E-state index contributed by atoms with van der Waals surface area (Å²) in [4.78, 5) is 0. The Morgan fingerprint density at radius 1 is 0.750 bits per heavy atom. The zero-order chi connectivity index (χ0) is 0. The molecule has 0 bridgehead atoms. The molecule has 4 heteroatoms. The Morgan fingerprint density at radius 2 is 0.750 bits per heavy atom. The predicted molar refractivity (Wildman–Crippen MR) is 8.29 cm³/mol. The first kappa shape index (κ1) is 73.9. The van der Waals surface area contributed by atoms with Crippen LogP contribution in [0.3, 0.4) is 0 Å². The Kier molecular flexibility index (Phi) is 622. The van der Waals surface area contributed by atoms with Crippen molar-refractivity contribution in [3.05, 3.63) is 0 Å². The average molecular weight is 111 g/mol. The summed E-state index contributed by atoms with van der Waals surface area (Å²) in [5.41, 5.74) is 0. The molecule has 0 fully saturated rings. The molecule has 0 spiro atoms. The molecule has 2 nitrogen and oxygen atoms in total. The maximum absolute atomic E-state index is 0. The van der Waals surface area contributed by atoms with Gasteiger partial charge in [-0.25, -0.2) is 0 Å². The van der Waals surface area contributed by atoms with Crippen LogP contribution in [-0.4, -0.2) is 0 Å². The van der Waals surface area contributed by atoms with E-state index in [2.05, 4.69) is 0 Å². The summed E-state index contributed by atoms with van der Waals surface area (Å²) in [6, 6.07) is 0. The molecule has 0 atom stereocenters. The molecular weight excluding hydrogens is 111 g/mol. The van der Waals surface area contributed by atoms with Gasteiger partial charge in [0.05, 0.1) is 0 Å². The van der Waals surface area contributed by atoms with Crippen molar-refractivity contribution in [2.75, 3.05) is 0 Å². The summed E-state index contributed by atoms with van der Waals surface area (Å²) in [5.74, 6) is 0. The Bertz CT molecular complexity index is 6.00. The van der Waals surface area contributed by atoms with Gasteiger partial charge in [-0.1, -0.05) is 0 Å². The van der Waals surface area contributed by atoms with Gasteiger partial charge in [0.15, 0.2) is 0 Å². The van der Waals surface area contributed by atoms with Crippen molar-refractivity contribution < 1.29 is 32.7 Å². The zero-order valence-electron chi connectivity index (χ0n) is 1.76. The maximum atomic E-state index is 0. The summed E-state index contributed by atoms with van der Waals surface area (Å²) >= 11 is 0. The van der Waals surface area contributed by atoms with Crippen LogP contribution < -0.4 is 0 Å². The van der Waals surface area contributed by atoms with Gasteiger partial charge in [-0.3, -0.25) is 0 Å². The minimum absolute atomic E-state index is 0. The molecule has 21 valence electrons.